The SMILES string of the molecule is Cc1ccc(Nc2ccc3ncn(-c4ccc(C(C)O)c(N5CCN(CC(F)(F)F)C(=O)C5)n4)c3c2)nn1. The average Bonchev–Trinajstić information content (AvgIpc) is 3.29. The van der Waals surface area contributed by atoms with Crippen molar-refractivity contribution in [3.63, 3.8) is 0 Å². The zero-order valence-corrected chi connectivity index (χ0v) is 20.6. The van der Waals surface area contributed by atoms with Crippen LogP contribution in [0.1, 0.15) is 24.3 Å². The van der Waals surface area contributed by atoms with Crippen molar-refractivity contribution in [2.75, 3.05) is 36.4 Å². The van der Waals surface area contributed by atoms with Crippen LogP contribution in [-0.4, -0.2) is 73.0 Å². The summed E-state index contributed by atoms with van der Waals surface area (Å²) in [6, 6.07) is 12.7. The second-order valence-corrected chi connectivity index (χ2v) is 9.11. The van der Waals surface area contributed by atoms with Gasteiger partial charge < -0.3 is 20.2 Å². The van der Waals surface area contributed by atoms with E-state index in [2.05, 4.69) is 20.5 Å². The molecule has 1 fully saturated rings. The summed E-state index contributed by atoms with van der Waals surface area (Å²) < 4.78 is 40.3. The highest BCUT2D eigenvalue weighted by molar-refractivity contribution is 5.84. The van der Waals surface area contributed by atoms with Crippen molar-refractivity contribution in [2.45, 2.75) is 26.1 Å². The number of fused-ring (bicyclic) bond motifs is 1. The molecule has 1 aromatic carbocycles. The number of carbonyl (C=O) groups excluding carboxylic acids is 1. The Morgan fingerprint density at radius 2 is 1.92 bits per heavy atom. The number of aromatic nitrogens is 5. The molecule has 10 nitrogen and oxygen atoms in total. The maximum Gasteiger partial charge on any atom is 0.406 e. The van der Waals surface area contributed by atoms with Crippen LogP contribution >= 0.6 is 0 Å². The van der Waals surface area contributed by atoms with Crippen molar-refractivity contribution in [3.8, 4) is 5.82 Å². The van der Waals surface area contributed by atoms with Crippen LogP contribution in [0.2, 0.25) is 0 Å². The van der Waals surface area contributed by atoms with Gasteiger partial charge in [0, 0.05) is 24.3 Å². The fraction of sp³-hybridized carbons (Fsp3) is 0.320. The number of aliphatic hydroxyl groups excluding tert-OH is 1. The number of alkyl halides is 3. The predicted octanol–water partition coefficient (Wildman–Crippen LogP) is 3.53. The maximum atomic E-state index is 12.8. The summed E-state index contributed by atoms with van der Waals surface area (Å²) in [6.07, 6.45) is -3.76. The highest BCUT2D eigenvalue weighted by atomic mass is 19.4. The first-order valence-electron chi connectivity index (χ1n) is 11.9. The van der Waals surface area contributed by atoms with Crippen LogP contribution in [0.25, 0.3) is 16.9 Å². The summed E-state index contributed by atoms with van der Waals surface area (Å²) in [5.41, 5.74) is 3.48. The van der Waals surface area contributed by atoms with Gasteiger partial charge in [-0.2, -0.15) is 18.3 Å². The molecular weight excluding hydrogens is 501 g/mol. The lowest BCUT2D eigenvalue weighted by Crippen LogP contribution is -2.53. The molecule has 3 aromatic heterocycles. The number of nitrogens with one attached hydrogen (secondary N) is 1. The highest BCUT2D eigenvalue weighted by Gasteiger charge is 2.36. The number of pyridine rings is 1. The number of nitrogens with zero attached hydrogens (tertiary/aromatic N) is 7. The predicted molar refractivity (Wildman–Crippen MR) is 134 cm³/mol. The first kappa shape index (κ1) is 25.4. The Labute approximate surface area is 215 Å². The molecule has 0 aliphatic carbocycles. The van der Waals surface area contributed by atoms with Gasteiger partial charge in [0.25, 0.3) is 0 Å². The number of amides is 1. The van der Waals surface area contributed by atoms with Gasteiger partial charge >= 0.3 is 6.18 Å². The molecule has 0 bridgehead atoms. The van der Waals surface area contributed by atoms with Gasteiger partial charge in [0.05, 0.1) is 29.4 Å². The largest absolute Gasteiger partial charge is 0.406 e. The minimum atomic E-state index is -4.47. The Balaban J connectivity index is 1.46. The molecule has 4 aromatic rings. The number of anilines is 3. The Hall–Kier alpha value is -4.26. The van der Waals surface area contributed by atoms with Gasteiger partial charge in [0.1, 0.15) is 24.5 Å². The zero-order valence-electron chi connectivity index (χ0n) is 20.6. The van der Waals surface area contributed by atoms with Crippen LogP contribution in [0.15, 0.2) is 48.8 Å². The number of aliphatic hydroxyl groups is 1. The number of imidazole rings is 1. The smallest absolute Gasteiger partial charge is 0.389 e. The average molecular weight is 527 g/mol. The first-order valence-corrected chi connectivity index (χ1v) is 11.9. The van der Waals surface area contributed by atoms with Crippen LogP contribution in [0.3, 0.4) is 0 Å². The van der Waals surface area contributed by atoms with Crippen LogP contribution in [-0.2, 0) is 4.79 Å². The standard InChI is InChI=1S/C25H25F3N8O2/c1-15-3-7-21(33-32-15)30-17-4-6-19-20(11-17)36(14-29-19)22-8-5-18(16(2)37)24(31-22)34-9-10-35(23(38)12-34)13-25(26,27)28/h3-8,11,14,16,37H,9-10,12-13H2,1-2H3,(H,30,33). The van der Waals surface area contributed by atoms with E-state index >= 15 is 0 Å². The van der Waals surface area contributed by atoms with E-state index in [9.17, 15) is 23.1 Å². The zero-order chi connectivity index (χ0) is 27.0. The molecule has 1 aliphatic rings. The third-order valence-electron chi connectivity index (χ3n) is 6.19. The number of carbonyl (C=O) groups is 1. The number of hydrogen-bond donors (Lipinski definition) is 2. The lowest BCUT2D eigenvalue weighted by molar-refractivity contribution is -0.161. The van der Waals surface area contributed by atoms with Crippen molar-refractivity contribution < 1.29 is 23.1 Å². The summed E-state index contributed by atoms with van der Waals surface area (Å²) in [4.78, 5) is 24.1. The first-order chi connectivity index (χ1) is 18.1. The molecule has 13 heteroatoms. The summed E-state index contributed by atoms with van der Waals surface area (Å²) in [6.45, 7) is 1.90. The molecule has 2 N–H and O–H groups in total. The molecule has 5 rings (SSSR count). The molecule has 1 unspecified atom stereocenters. The molecule has 1 saturated heterocycles. The molecule has 0 spiro atoms. The second kappa shape index (κ2) is 9.89. The molecule has 1 aliphatic heterocycles. The normalized spacial score (nSPS) is 15.3. The van der Waals surface area contributed by atoms with Gasteiger partial charge in [-0.05, 0) is 56.3 Å². The van der Waals surface area contributed by atoms with E-state index in [0.29, 0.717) is 28.5 Å². The van der Waals surface area contributed by atoms with E-state index in [1.807, 2.05) is 37.3 Å². The fourth-order valence-corrected chi connectivity index (χ4v) is 4.32. The minimum Gasteiger partial charge on any atom is -0.389 e. The number of piperazine rings is 1. The molecule has 4 heterocycles. The Morgan fingerprint density at radius 3 is 2.61 bits per heavy atom. The van der Waals surface area contributed by atoms with Gasteiger partial charge in [-0.1, -0.05) is 0 Å². The van der Waals surface area contributed by atoms with Gasteiger partial charge in [0.2, 0.25) is 5.91 Å². The van der Waals surface area contributed by atoms with Crippen LogP contribution in [0, 0.1) is 6.92 Å². The quantitative estimate of drug-likeness (QED) is 0.393. The van der Waals surface area contributed by atoms with Crippen LogP contribution < -0.4 is 10.2 Å². The van der Waals surface area contributed by atoms with Crippen LogP contribution in [0.5, 0.6) is 0 Å². The van der Waals surface area contributed by atoms with Crippen LogP contribution in [0.4, 0.5) is 30.5 Å². The highest BCUT2D eigenvalue weighted by Crippen LogP contribution is 2.30. The molecule has 38 heavy (non-hydrogen) atoms. The van der Waals surface area contributed by atoms with E-state index in [1.165, 1.54) is 0 Å². The van der Waals surface area contributed by atoms with Gasteiger partial charge in [-0.3, -0.25) is 9.36 Å². The topological polar surface area (TPSA) is 112 Å². The molecule has 198 valence electrons. The molecule has 0 saturated carbocycles. The van der Waals surface area contributed by atoms with Crippen molar-refractivity contribution in [2.24, 2.45) is 0 Å². The number of rotatable bonds is 6. The van der Waals surface area contributed by atoms with Crippen molar-refractivity contribution in [1.29, 1.82) is 0 Å². The van der Waals surface area contributed by atoms with Crippen molar-refractivity contribution >= 4 is 34.3 Å². The summed E-state index contributed by atoms with van der Waals surface area (Å²) in [5.74, 6) is 0.741. The molecule has 1 atom stereocenters. The molecule has 0 radical (unpaired) electrons. The summed E-state index contributed by atoms with van der Waals surface area (Å²) >= 11 is 0. The van der Waals surface area contributed by atoms with Crippen molar-refractivity contribution in [3.05, 3.63) is 60.0 Å². The lowest BCUT2D eigenvalue weighted by atomic mass is 10.1. The van der Waals surface area contributed by atoms with Gasteiger partial charge in [0.15, 0.2) is 5.82 Å². The third kappa shape index (κ3) is 5.37. The Morgan fingerprint density at radius 1 is 1.11 bits per heavy atom. The summed E-state index contributed by atoms with van der Waals surface area (Å²) in [5, 5.41) is 21.7. The number of benzene rings is 1. The second-order valence-electron chi connectivity index (χ2n) is 9.11. The minimum absolute atomic E-state index is 0.103. The van der Waals surface area contributed by atoms with Gasteiger partial charge in [-0.15, -0.1) is 5.10 Å². The van der Waals surface area contributed by atoms with E-state index in [1.54, 1.807) is 34.9 Å². The third-order valence-corrected chi connectivity index (χ3v) is 6.19. The van der Waals surface area contributed by atoms with Crippen molar-refractivity contribution in [1.82, 2.24) is 29.6 Å². The summed E-state index contributed by atoms with van der Waals surface area (Å²) in [7, 11) is 0. The fourth-order valence-electron chi connectivity index (χ4n) is 4.32. The maximum absolute atomic E-state index is 12.8. The molecular formula is C25H25F3N8O2. The van der Waals surface area contributed by atoms with Gasteiger partial charge in [-0.25, -0.2) is 9.97 Å². The number of halogens is 3. The number of hydrogen-bond acceptors (Lipinski definition) is 8. The van der Waals surface area contributed by atoms with E-state index in [0.717, 1.165) is 21.8 Å². The molecule has 1 amide bonds. The van der Waals surface area contributed by atoms with E-state index in [-0.39, 0.29) is 19.6 Å². The van der Waals surface area contributed by atoms with E-state index in [4.69, 9.17) is 4.98 Å². The monoisotopic (exact) mass is 526 g/mol. The Kier molecular flexibility index (Phi) is 6.61. The Bertz CT molecular complexity index is 1470. The number of aryl methyl sites for hydroxylation is 1. The lowest BCUT2D eigenvalue weighted by Gasteiger charge is -2.36. The van der Waals surface area contributed by atoms with E-state index < -0.39 is 24.7 Å².